The highest BCUT2D eigenvalue weighted by molar-refractivity contribution is 6.29. The van der Waals surface area contributed by atoms with Gasteiger partial charge in [-0.2, -0.15) is 0 Å². The van der Waals surface area contributed by atoms with Gasteiger partial charge in [0.2, 0.25) is 0 Å². The van der Waals surface area contributed by atoms with E-state index in [1.807, 2.05) is 39.6 Å². The number of pyridine rings is 1. The number of fused-ring (bicyclic) bond motifs is 2. The second-order valence-electron chi connectivity index (χ2n) is 7.65. The third-order valence-corrected chi connectivity index (χ3v) is 6.28. The van der Waals surface area contributed by atoms with Crippen molar-refractivity contribution < 1.29 is 10.2 Å². The lowest BCUT2D eigenvalue weighted by molar-refractivity contribution is 0.00545. The maximum Gasteiger partial charge on any atom is 0.145 e. The summed E-state index contributed by atoms with van der Waals surface area (Å²) in [5, 5.41) is 22.7. The lowest BCUT2D eigenvalue weighted by Gasteiger charge is -2.19. The third-order valence-electron chi connectivity index (χ3n) is 6.01. The molecule has 0 unspecified atom stereocenters. The van der Waals surface area contributed by atoms with Crippen molar-refractivity contribution in [2.45, 2.75) is 37.5 Å². The van der Waals surface area contributed by atoms with Gasteiger partial charge in [-0.1, -0.05) is 11.6 Å². The lowest BCUT2D eigenvalue weighted by Crippen LogP contribution is -2.29. The zero-order valence-electron chi connectivity index (χ0n) is 15.6. The van der Waals surface area contributed by atoms with Crippen LogP contribution in [0.1, 0.15) is 24.4 Å². The van der Waals surface area contributed by atoms with Crippen LogP contribution in [0.15, 0.2) is 43.1 Å². The van der Waals surface area contributed by atoms with Gasteiger partial charge in [0, 0.05) is 12.4 Å². The number of nitrogen functional groups attached to an aromatic ring is 1. The highest BCUT2D eigenvalue weighted by atomic mass is 35.5. The van der Waals surface area contributed by atoms with Gasteiger partial charge >= 0.3 is 0 Å². The highest BCUT2D eigenvalue weighted by Crippen LogP contribution is 2.39. The van der Waals surface area contributed by atoms with Gasteiger partial charge in [0.05, 0.1) is 23.7 Å². The molecule has 0 bridgehead atoms. The molecule has 1 fully saturated rings. The van der Waals surface area contributed by atoms with E-state index in [0.717, 1.165) is 29.4 Å². The van der Waals surface area contributed by atoms with Crippen LogP contribution in [0.2, 0.25) is 5.15 Å². The number of aliphatic hydroxyl groups excluding tert-OH is 2. The minimum atomic E-state index is -0.861. The van der Waals surface area contributed by atoms with E-state index in [2.05, 4.69) is 15.0 Å². The van der Waals surface area contributed by atoms with Gasteiger partial charge in [-0.25, -0.2) is 15.0 Å². The van der Waals surface area contributed by atoms with Crippen molar-refractivity contribution in [1.29, 1.82) is 0 Å². The molecule has 4 atom stereocenters. The number of aliphatic hydroxyl groups is 2. The van der Waals surface area contributed by atoms with Crippen LogP contribution in [-0.4, -0.2) is 46.3 Å². The zero-order chi connectivity index (χ0) is 20.1. The van der Waals surface area contributed by atoms with Crippen LogP contribution in [0.5, 0.6) is 0 Å². The molecule has 4 aromatic rings. The second-order valence-corrected chi connectivity index (χ2v) is 8.03. The fraction of sp³-hybridized carbons (Fsp3) is 0.350. The zero-order valence-corrected chi connectivity index (χ0v) is 16.3. The smallest absolute Gasteiger partial charge is 0.145 e. The Morgan fingerprint density at radius 3 is 2.86 bits per heavy atom. The topological polar surface area (TPSA) is 114 Å². The number of imidazole rings is 1. The molecule has 4 N–H and O–H groups in total. The maximum atomic E-state index is 10.7. The summed E-state index contributed by atoms with van der Waals surface area (Å²) >= 11 is 6.08. The quantitative estimate of drug-likeness (QED) is 0.473. The summed E-state index contributed by atoms with van der Waals surface area (Å²) in [6, 6.07) is 5.60. The first-order valence-electron chi connectivity index (χ1n) is 9.57. The van der Waals surface area contributed by atoms with Gasteiger partial charge in [0.15, 0.2) is 0 Å². The molecular formula is C20H21ClN6O2. The van der Waals surface area contributed by atoms with E-state index in [-0.39, 0.29) is 12.0 Å². The molecular weight excluding hydrogens is 392 g/mol. The molecule has 0 spiro atoms. The summed E-state index contributed by atoms with van der Waals surface area (Å²) in [5.41, 5.74) is 8.52. The van der Waals surface area contributed by atoms with Crippen LogP contribution in [0, 0.1) is 5.92 Å². The van der Waals surface area contributed by atoms with Crippen molar-refractivity contribution in [3.8, 4) is 0 Å². The summed E-state index contributed by atoms with van der Waals surface area (Å²) in [7, 11) is 0. The van der Waals surface area contributed by atoms with Crippen LogP contribution in [0.4, 0.5) is 5.82 Å². The number of aromatic nitrogens is 5. The number of aryl methyl sites for hydroxylation is 1. The molecule has 4 aromatic heterocycles. The summed E-state index contributed by atoms with van der Waals surface area (Å²) in [4.78, 5) is 12.6. The molecule has 0 saturated heterocycles. The van der Waals surface area contributed by atoms with Crippen LogP contribution < -0.4 is 5.73 Å². The summed E-state index contributed by atoms with van der Waals surface area (Å²) in [6.07, 6.45) is 7.35. The average molecular weight is 413 g/mol. The van der Waals surface area contributed by atoms with E-state index >= 15 is 0 Å². The Hall–Kier alpha value is -2.68. The molecule has 29 heavy (non-hydrogen) atoms. The second kappa shape index (κ2) is 6.98. The van der Waals surface area contributed by atoms with Gasteiger partial charge in [0.25, 0.3) is 0 Å². The fourth-order valence-corrected chi connectivity index (χ4v) is 4.61. The van der Waals surface area contributed by atoms with Crippen molar-refractivity contribution >= 4 is 34.1 Å². The molecule has 0 aromatic carbocycles. The van der Waals surface area contributed by atoms with Crippen molar-refractivity contribution in [3.05, 3.63) is 53.8 Å². The van der Waals surface area contributed by atoms with Gasteiger partial charge in [-0.05, 0) is 48.9 Å². The molecule has 9 heteroatoms. The molecule has 1 saturated carbocycles. The maximum absolute atomic E-state index is 10.7. The minimum Gasteiger partial charge on any atom is -0.390 e. The number of anilines is 1. The van der Waals surface area contributed by atoms with E-state index < -0.39 is 12.2 Å². The monoisotopic (exact) mass is 412 g/mol. The van der Waals surface area contributed by atoms with Crippen LogP contribution in [-0.2, 0) is 6.42 Å². The Bertz CT molecular complexity index is 1190. The fourth-order valence-electron chi connectivity index (χ4n) is 4.42. The predicted octanol–water partition coefficient (Wildman–Crippen LogP) is 2.23. The van der Waals surface area contributed by atoms with Crippen molar-refractivity contribution in [2.24, 2.45) is 5.92 Å². The number of hydrogen-bond acceptors (Lipinski definition) is 6. The Labute approximate surface area is 171 Å². The number of hydrogen-bond donors (Lipinski definition) is 3. The Balaban J connectivity index is 1.34. The number of nitrogens with two attached hydrogens (primary N) is 1. The van der Waals surface area contributed by atoms with E-state index in [1.54, 1.807) is 6.20 Å². The summed E-state index contributed by atoms with van der Waals surface area (Å²) in [6.45, 7) is 0. The molecule has 150 valence electrons. The first-order valence-corrected chi connectivity index (χ1v) is 9.95. The van der Waals surface area contributed by atoms with E-state index in [4.69, 9.17) is 17.3 Å². The van der Waals surface area contributed by atoms with E-state index in [9.17, 15) is 10.2 Å². The molecule has 4 heterocycles. The van der Waals surface area contributed by atoms with Crippen molar-refractivity contribution in [1.82, 2.24) is 23.9 Å². The van der Waals surface area contributed by atoms with Crippen molar-refractivity contribution in [2.75, 3.05) is 5.73 Å². The average Bonchev–Trinajstić information content (AvgIpc) is 3.39. The molecule has 0 radical (unpaired) electrons. The first-order chi connectivity index (χ1) is 14.0. The molecule has 1 aliphatic carbocycles. The predicted molar refractivity (Wildman–Crippen MR) is 110 cm³/mol. The van der Waals surface area contributed by atoms with Gasteiger partial charge in [0.1, 0.15) is 34.7 Å². The largest absolute Gasteiger partial charge is 0.390 e. The molecule has 5 rings (SSSR count). The van der Waals surface area contributed by atoms with Crippen LogP contribution in [0.25, 0.3) is 16.7 Å². The molecule has 0 aliphatic heterocycles. The van der Waals surface area contributed by atoms with Crippen LogP contribution >= 0.6 is 11.6 Å². The third kappa shape index (κ3) is 3.04. The molecule has 0 amide bonds. The number of halogens is 1. The van der Waals surface area contributed by atoms with Gasteiger partial charge in [-0.3, -0.25) is 4.40 Å². The molecule has 8 nitrogen and oxygen atoms in total. The van der Waals surface area contributed by atoms with Gasteiger partial charge in [-0.15, -0.1) is 0 Å². The van der Waals surface area contributed by atoms with Gasteiger partial charge < -0.3 is 20.5 Å². The SMILES string of the molecule is Nc1ncnc2c1ccn2[C@@H]1C[C@H](CCc2ccn3c(Cl)cnc3c2)[C@@H](O)[C@H]1O. The minimum absolute atomic E-state index is 0.0220. The van der Waals surface area contributed by atoms with Crippen LogP contribution in [0.3, 0.4) is 0 Å². The molecule has 1 aliphatic rings. The summed E-state index contributed by atoms with van der Waals surface area (Å²) in [5.74, 6) is 0.388. The number of rotatable bonds is 4. The number of nitrogens with zero attached hydrogens (tertiary/aromatic N) is 5. The first kappa shape index (κ1) is 18.4. The Kier molecular flexibility index (Phi) is 4.42. The van der Waals surface area contributed by atoms with Crippen molar-refractivity contribution in [3.63, 3.8) is 0 Å². The Morgan fingerprint density at radius 2 is 2.00 bits per heavy atom. The standard InChI is InChI=1S/C20H21ClN6O2/c21-15-9-23-16-7-11(3-5-27(15)16)1-2-12-8-14(18(29)17(12)28)26-6-4-13-19(22)24-10-25-20(13)26/h3-7,9-10,12,14,17-18,28-29H,1-2,8H2,(H2,22,24,25)/t12-,14+,17+,18-/m0/s1. The normalized spacial score (nSPS) is 24.7. The lowest BCUT2D eigenvalue weighted by atomic mass is 9.96. The highest BCUT2D eigenvalue weighted by Gasteiger charge is 2.42. The van der Waals surface area contributed by atoms with E-state index in [1.165, 1.54) is 6.33 Å². The summed E-state index contributed by atoms with van der Waals surface area (Å²) < 4.78 is 3.72. The Morgan fingerprint density at radius 1 is 1.14 bits per heavy atom. The van der Waals surface area contributed by atoms with E-state index in [0.29, 0.717) is 23.0 Å².